The van der Waals surface area contributed by atoms with Crippen LogP contribution < -0.4 is 5.32 Å². The summed E-state index contributed by atoms with van der Waals surface area (Å²) in [6.07, 6.45) is 2.60. The van der Waals surface area contributed by atoms with Gasteiger partial charge < -0.3 is 25.6 Å². The molecule has 11 nitrogen and oxygen atoms in total. The Balaban J connectivity index is 1.49. The predicted molar refractivity (Wildman–Crippen MR) is 125 cm³/mol. The highest BCUT2D eigenvalue weighted by Crippen LogP contribution is 2.43. The SMILES string of the molecule is CC(=N)/C(=N\O)C(c1cn2ncc(C3(N4CC(C(C)(F)F)NC4=O)COC3)nc2n1)C1CCC(F)(F)CC1. The number of aromatic nitrogens is 4. The first-order valence-corrected chi connectivity index (χ1v) is 12.3. The van der Waals surface area contributed by atoms with E-state index in [4.69, 9.17) is 10.1 Å². The number of hydrogen-bond donors (Lipinski definition) is 3. The smallest absolute Gasteiger partial charge is 0.318 e. The molecule has 2 amide bonds. The number of halogens is 4. The van der Waals surface area contributed by atoms with E-state index in [1.165, 1.54) is 28.7 Å². The zero-order chi connectivity index (χ0) is 27.5. The monoisotopic (exact) mass is 540 g/mol. The first-order valence-electron chi connectivity index (χ1n) is 12.3. The quantitative estimate of drug-likeness (QED) is 0.213. The number of nitrogens with one attached hydrogen (secondary N) is 2. The first kappa shape index (κ1) is 26.3. The van der Waals surface area contributed by atoms with Crippen LogP contribution in [-0.4, -0.2) is 84.8 Å². The van der Waals surface area contributed by atoms with Crippen LogP contribution in [0.25, 0.3) is 5.78 Å². The van der Waals surface area contributed by atoms with Crippen LogP contribution in [0.5, 0.6) is 0 Å². The fourth-order valence-corrected chi connectivity index (χ4v) is 5.47. The average Bonchev–Trinajstić information content (AvgIpc) is 3.40. The summed E-state index contributed by atoms with van der Waals surface area (Å²) in [5.74, 6) is -6.86. The minimum absolute atomic E-state index is 0.0213. The lowest BCUT2D eigenvalue weighted by molar-refractivity contribution is -0.130. The third-order valence-corrected chi connectivity index (χ3v) is 7.75. The highest BCUT2D eigenvalue weighted by Gasteiger charge is 2.55. The molecular formula is C23H28F4N8O3. The van der Waals surface area contributed by atoms with Gasteiger partial charge in [0.2, 0.25) is 5.92 Å². The summed E-state index contributed by atoms with van der Waals surface area (Å²) < 4.78 is 62.3. The van der Waals surface area contributed by atoms with Crippen molar-refractivity contribution in [3.05, 3.63) is 23.8 Å². The standard InChI is InChI=1S/C23H28F4N8O3/c1-12(28)18(33-37)17(13-3-5-23(26,27)6-4-13)14-8-35-19(30-14)31-15(7-29-35)22(10-38-11-22)34-9-16(21(2,24)25)32-20(34)36/h7-8,13,16-17,28,37H,3-6,9-11H2,1-2H3,(H,32,36)/b28-12?,33-18+. The van der Waals surface area contributed by atoms with Gasteiger partial charge in [0.25, 0.3) is 11.7 Å². The highest BCUT2D eigenvalue weighted by atomic mass is 19.3. The largest absolute Gasteiger partial charge is 0.411 e. The van der Waals surface area contributed by atoms with Crippen LogP contribution in [0, 0.1) is 11.3 Å². The molecule has 2 aromatic rings. The molecule has 3 N–H and O–H groups in total. The van der Waals surface area contributed by atoms with Crippen LogP contribution >= 0.6 is 0 Å². The Morgan fingerprint density at radius 2 is 2.00 bits per heavy atom. The second-order valence-electron chi connectivity index (χ2n) is 10.4. The molecule has 3 aliphatic rings. The number of alkyl halides is 4. The van der Waals surface area contributed by atoms with E-state index in [-0.39, 0.29) is 68.6 Å². The third kappa shape index (κ3) is 4.46. The number of hydrogen-bond acceptors (Lipinski definition) is 8. The second-order valence-corrected chi connectivity index (χ2v) is 10.4. The Labute approximate surface area is 214 Å². The van der Waals surface area contributed by atoms with Gasteiger partial charge in [-0.05, 0) is 25.7 Å². The van der Waals surface area contributed by atoms with E-state index in [9.17, 15) is 27.6 Å². The lowest BCUT2D eigenvalue weighted by atomic mass is 9.74. The Morgan fingerprint density at radius 3 is 2.53 bits per heavy atom. The zero-order valence-electron chi connectivity index (χ0n) is 20.8. The fourth-order valence-electron chi connectivity index (χ4n) is 5.47. The van der Waals surface area contributed by atoms with Crippen molar-refractivity contribution in [3.8, 4) is 0 Å². The molecule has 206 valence electrons. The van der Waals surface area contributed by atoms with E-state index >= 15 is 0 Å². The lowest BCUT2D eigenvalue weighted by Crippen LogP contribution is -2.61. The molecule has 0 bridgehead atoms. The van der Waals surface area contributed by atoms with Crippen molar-refractivity contribution in [2.45, 2.75) is 68.9 Å². The normalized spacial score (nSPS) is 24.8. The number of carbonyl (C=O) groups excluding carboxylic acids is 1. The van der Waals surface area contributed by atoms with Crippen LogP contribution in [0.1, 0.15) is 56.8 Å². The molecule has 0 spiro atoms. The van der Waals surface area contributed by atoms with Crippen LogP contribution in [0.3, 0.4) is 0 Å². The van der Waals surface area contributed by atoms with Gasteiger partial charge in [0, 0.05) is 26.3 Å². The molecule has 5 rings (SSSR count). The number of nitrogens with zero attached hydrogens (tertiary/aromatic N) is 6. The maximum atomic E-state index is 13.9. The topological polar surface area (TPSA) is 141 Å². The van der Waals surface area contributed by atoms with Gasteiger partial charge in [0.15, 0.2) is 0 Å². The van der Waals surface area contributed by atoms with E-state index in [2.05, 4.69) is 25.5 Å². The Kier molecular flexibility index (Phi) is 6.31. The van der Waals surface area contributed by atoms with Gasteiger partial charge in [-0.15, -0.1) is 0 Å². The van der Waals surface area contributed by atoms with Crippen LogP contribution in [0.4, 0.5) is 22.4 Å². The van der Waals surface area contributed by atoms with E-state index in [0.717, 1.165) is 6.92 Å². The summed E-state index contributed by atoms with van der Waals surface area (Å²) in [6, 6.07) is -2.03. The number of urea groups is 1. The van der Waals surface area contributed by atoms with Crippen molar-refractivity contribution in [1.29, 1.82) is 5.41 Å². The average molecular weight is 541 g/mol. The summed E-state index contributed by atoms with van der Waals surface area (Å²) in [7, 11) is 0. The zero-order valence-corrected chi connectivity index (χ0v) is 20.8. The van der Waals surface area contributed by atoms with Crippen LogP contribution in [-0.2, 0) is 10.3 Å². The molecule has 2 unspecified atom stereocenters. The highest BCUT2D eigenvalue weighted by molar-refractivity contribution is 6.42. The molecule has 38 heavy (non-hydrogen) atoms. The van der Waals surface area contributed by atoms with Gasteiger partial charge >= 0.3 is 6.03 Å². The molecule has 1 aliphatic carbocycles. The van der Waals surface area contributed by atoms with Crippen molar-refractivity contribution in [2.75, 3.05) is 19.8 Å². The number of imidazole rings is 1. The van der Waals surface area contributed by atoms with Crippen molar-refractivity contribution in [1.82, 2.24) is 29.8 Å². The maximum absolute atomic E-state index is 13.9. The summed E-state index contributed by atoms with van der Waals surface area (Å²) in [6.45, 7) is 2.01. The van der Waals surface area contributed by atoms with Gasteiger partial charge in [-0.3, -0.25) is 0 Å². The Bertz CT molecular complexity index is 1280. The van der Waals surface area contributed by atoms with Crippen molar-refractivity contribution < 1.29 is 32.3 Å². The lowest BCUT2D eigenvalue weighted by Gasteiger charge is -2.46. The molecule has 15 heteroatoms. The number of oxime groups is 1. The van der Waals surface area contributed by atoms with Crippen molar-refractivity contribution in [3.63, 3.8) is 0 Å². The number of rotatable bonds is 7. The minimum Gasteiger partial charge on any atom is -0.411 e. The molecule has 1 saturated carbocycles. The molecule has 4 heterocycles. The second kappa shape index (κ2) is 9.13. The van der Waals surface area contributed by atoms with E-state index in [0.29, 0.717) is 11.4 Å². The van der Waals surface area contributed by atoms with Crippen molar-refractivity contribution >= 4 is 23.2 Å². The van der Waals surface area contributed by atoms with Gasteiger partial charge in [0.05, 0.1) is 48.6 Å². The van der Waals surface area contributed by atoms with Gasteiger partial charge in [0.1, 0.15) is 17.3 Å². The van der Waals surface area contributed by atoms with E-state index < -0.39 is 35.4 Å². The molecular weight excluding hydrogens is 512 g/mol. The number of carbonyl (C=O) groups is 1. The predicted octanol–water partition coefficient (Wildman–Crippen LogP) is 3.18. The first-order chi connectivity index (χ1) is 17.8. The summed E-state index contributed by atoms with van der Waals surface area (Å²) in [4.78, 5) is 23.0. The molecule has 2 saturated heterocycles. The van der Waals surface area contributed by atoms with Gasteiger partial charge in [-0.25, -0.2) is 36.8 Å². The molecule has 2 aliphatic heterocycles. The third-order valence-electron chi connectivity index (χ3n) is 7.75. The van der Waals surface area contributed by atoms with Gasteiger partial charge in [-0.2, -0.15) is 5.10 Å². The summed E-state index contributed by atoms with van der Waals surface area (Å²) in [5.41, 5.74) is -0.464. The fraction of sp³-hybridized carbons (Fsp3) is 0.652. The summed E-state index contributed by atoms with van der Waals surface area (Å²) in [5, 5.41) is 27.7. The molecule has 3 fully saturated rings. The van der Waals surface area contributed by atoms with Gasteiger partial charge in [-0.1, -0.05) is 5.16 Å². The van der Waals surface area contributed by atoms with Crippen molar-refractivity contribution in [2.24, 2.45) is 11.1 Å². The summed E-state index contributed by atoms with van der Waals surface area (Å²) >= 11 is 0. The van der Waals surface area contributed by atoms with Crippen LogP contribution in [0.2, 0.25) is 0 Å². The molecule has 0 aromatic carbocycles. The van der Waals surface area contributed by atoms with E-state index in [1.807, 2.05) is 0 Å². The molecule has 0 radical (unpaired) electrons. The maximum Gasteiger partial charge on any atom is 0.318 e. The Morgan fingerprint density at radius 1 is 1.32 bits per heavy atom. The molecule has 2 atom stereocenters. The van der Waals surface area contributed by atoms with Crippen LogP contribution in [0.15, 0.2) is 17.5 Å². The number of ether oxygens (including phenoxy) is 1. The van der Waals surface area contributed by atoms with E-state index in [1.54, 1.807) is 0 Å². The Hall–Kier alpha value is -3.36. The minimum atomic E-state index is -3.12. The molecule has 2 aromatic heterocycles. The number of amides is 2. The number of fused-ring (bicyclic) bond motifs is 1.